The van der Waals surface area contributed by atoms with E-state index in [1.807, 2.05) is 36.4 Å². The monoisotopic (exact) mass is 366 g/mol. The Labute approximate surface area is 165 Å². The Balaban J connectivity index is 1.49. The van der Waals surface area contributed by atoms with Gasteiger partial charge in [-0.05, 0) is 63.5 Å². The van der Waals surface area contributed by atoms with Crippen molar-refractivity contribution >= 4 is 33.7 Å². The van der Waals surface area contributed by atoms with Gasteiger partial charge in [0.05, 0.1) is 7.11 Å². The first-order chi connectivity index (χ1) is 13.8. The SMILES string of the molecule is C=Cc1ccc2cc(OC/C=C/c3cc4ccccc4cc3OC)ccc2c1. The van der Waals surface area contributed by atoms with Crippen molar-refractivity contribution in [2.75, 3.05) is 13.7 Å². The zero-order chi connectivity index (χ0) is 19.3. The topological polar surface area (TPSA) is 18.5 Å². The van der Waals surface area contributed by atoms with Crippen LogP contribution in [0.3, 0.4) is 0 Å². The van der Waals surface area contributed by atoms with E-state index < -0.39 is 0 Å². The molecule has 0 N–H and O–H groups in total. The van der Waals surface area contributed by atoms with Crippen molar-refractivity contribution in [2.45, 2.75) is 0 Å². The van der Waals surface area contributed by atoms with Crippen LogP contribution in [0.15, 0.2) is 85.5 Å². The van der Waals surface area contributed by atoms with Crippen molar-refractivity contribution in [3.05, 3.63) is 96.6 Å². The molecule has 0 saturated carbocycles. The molecule has 0 saturated heterocycles. The smallest absolute Gasteiger partial charge is 0.126 e. The predicted octanol–water partition coefficient (Wildman–Crippen LogP) is 6.74. The Bertz CT molecular complexity index is 1170. The molecule has 0 heterocycles. The zero-order valence-electron chi connectivity index (χ0n) is 15.9. The molecule has 0 bridgehead atoms. The molecule has 0 aromatic heterocycles. The van der Waals surface area contributed by atoms with Crippen LogP contribution in [0.25, 0.3) is 33.7 Å². The fourth-order valence-corrected chi connectivity index (χ4v) is 3.32. The molecule has 0 aliphatic carbocycles. The fourth-order valence-electron chi connectivity index (χ4n) is 3.32. The summed E-state index contributed by atoms with van der Waals surface area (Å²) < 4.78 is 11.4. The second kappa shape index (κ2) is 8.01. The molecule has 28 heavy (non-hydrogen) atoms. The van der Waals surface area contributed by atoms with Gasteiger partial charge in [-0.25, -0.2) is 0 Å². The molecule has 138 valence electrons. The quantitative estimate of drug-likeness (QED) is 0.376. The number of fused-ring (bicyclic) bond motifs is 2. The third-order valence-electron chi connectivity index (χ3n) is 4.81. The van der Waals surface area contributed by atoms with Gasteiger partial charge >= 0.3 is 0 Å². The lowest BCUT2D eigenvalue weighted by molar-refractivity contribution is 0.364. The van der Waals surface area contributed by atoms with Gasteiger partial charge in [0.25, 0.3) is 0 Å². The van der Waals surface area contributed by atoms with E-state index in [1.165, 1.54) is 16.2 Å². The summed E-state index contributed by atoms with van der Waals surface area (Å²) in [5, 5.41) is 4.70. The summed E-state index contributed by atoms with van der Waals surface area (Å²) in [4.78, 5) is 0. The van der Waals surface area contributed by atoms with Crippen LogP contribution in [0, 0.1) is 0 Å². The van der Waals surface area contributed by atoms with Crippen molar-refractivity contribution in [1.29, 1.82) is 0 Å². The van der Waals surface area contributed by atoms with Crippen molar-refractivity contribution in [1.82, 2.24) is 0 Å². The van der Waals surface area contributed by atoms with E-state index in [0.29, 0.717) is 6.61 Å². The van der Waals surface area contributed by atoms with Crippen LogP contribution < -0.4 is 9.47 Å². The first-order valence-electron chi connectivity index (χ1n) is 9.29. The van der Waals surface area contributed by atoms with E-state index in [2.05, 4.69) is 61.2 Å². The van der Waals surface area contributed by atoms with Gasteiger partial charge in [-0.3, -0.25) is 0 Å². The molecule has 2 heteroatoms. The van der Waals surface area contributed by atoms with Crippen molar-refractivity contribution in [3.8, 4) is 11.5 Å². The van der Waals surface area contributed by atoms with Crippen LogP contribution in [0.2, 0.25) is 0 Å². The van der Waals surface area contributed by atoms with Crippen molar-refractivity contribution in [3.63, 3.8) is 0 Å². The normalized spacial score (nSPS) is 11.2. The van der Waals surface area contributed by atoms with Crippen LogP contribution >= 0.6 is 0 Å². The predicted molar refractivity (Wildman–Crippen MR) is 119 cm³/mol. The first-order valence-corrected chi connectivity index (χ1v) is 9.29. The van der Waals surface area contributed by atoms with E-state index in [0.717, 1.165) is 28.0 Å². The van der Waals surface area contributed by atoms with E-state index >= 15 is 0 Å². The molecule has 0 radical (unpaired) electrons. The van der Waals surface area contributed by atoms with Gasteiger partial charge in [-0.1, -0.05) is 61.2 Å². The largest absolute Gasteiger partial charge is 0.496 e. The lowest BCUT2D eigenvalue weighted by Gasteiger charge is -2.08. The minimum Gasteiger partial charge on any atom is -0.496 e. The number of methoxy groups -OCH3 is 1. The molecule has 0 fully saturated rings. The van der Waals surface area contributed by atoms with Gasteiger partial charge in [0, 0.05) is 5.56 Å². The third-order valence-corrected chi connectivity index (χ3v) is 4.81. The molecular weight excluding hydrogens is 344 g/mol. The highest BCUT2D eigenvalue weighted by molar-refractivity contribution is 5.87. The summed E-state index contributed by atoms with van der Waals surface area (Å²) in [5.41, 5.74) is 2.16. The number of hydrogen-bond donors (Lipinski definition) is 0. The molecule has 0 aliphatic heterocycles. The van der Waals surface area contributed by atoms with Crippen molar-refractivity contribution < 1.29 is 9.47 Å². The zero-order valence-corrected chi connectivity index (χ0v) is 15.9. The highest BCUT2D eigenvalue weighted by atomic mass is 16.5. The Morgan fingerprint density at radius 3 is 2.32 bits per heavy atom. The molecule has 0 aliphatic rings. The molecule has 0 spiro atoms. The Kier molecular flexibility index (Phi) is 5.11. The number of ether oxygens (including phenoxy) is 2. The van der Waals surface area contributed by atoms with Crippen LogP contribution in [-0.2, 0) is 0 Å². The maximum Gasteiger partial charge on any atom is 0.126 e. The van der Waals surface area contributed by atoms with Crippen LogP contribution in [0.5, 0.6) is 11.5 Å². The third kappa shape index (κ3) is 3.77. The highest BCUT2D eigenvalue weighted by Gasteiger charge is 2.03. The minimum absolute atomic E-state index is 0.492. The summed E-state index contributed by atoms with van der Waals surface area (Å²) >= 11 is 0. The molecule has 4 aromatic carbocycles. The van der Waals surface area contributed by atoms with Crippen LogP contribution in [0.1, 0.15) is 11.1 Å². The molecule has 4 aromatic rings. The highest BCUT2D eigenvalue weighted by Crippen LogP contribution is 2.27. The maximum absolute atomic E-state index is 5.91. The molecular formula is C26H22O2. The first kappa shape index (κ1) is 17.9. The van der Waals surface area contributed by atoms with Gasteiger partial charge in [0.15, 0.2) is 0 Å². The van der Waals surface area contributed by atoms with Gasteiger partial charge in [0.1, 0.15) is 18.1 Å². The summed E-state index contributed by atoms with van der Waals surface area (Å²) in [6, 6.07) is 24.9. The summed E-state index contributed by atoms with van der Waals surface area (Å²) in [5.74, 6) is 1.72. The van der Waals surface area contributed by atoms with Crippen LogP contribution in [0.4, 0.5) is 0 Å². The molecule has 0 unspecified atom stereocenters. The van der Waals surface area contributed by atoms with E-state index in [4.69, 9.17) is 9.47 Å². The van der Waals surface area contributed by atoms with Crippen molar-refractivity contribution in [2.24, 2.45) is 0 Å². The average molecular weight is 366 g/mol. The Morgan fingerprint density at radius 1 is 0.821 bits per heavy atom. The van der Waals surface area contributed by atoms with E-state index in [1.54, 1.807) is 7.11 Å². The van der Waals surface area contributed by atoms with Crippen LogP contribution in [-0.4, -0.2) is 13.7 Å². The standard InChI is InChI=1S/C26H22O2/c1-3-19-10-11-23-17-25(13-12-22(23)15-19)28-14-6-9-24-16-20-7-4-5-8-21(20)18-26(24)27-2/h3-13,15-18H,1,14H2,2H3/b9-6+. The number of hydrogen-bond acceptors (Lipinski definition) is 2. The summed E-state index contributed by atoms with van der Waals surface area (Å²) in [7, 11) is 1.70. The van der Waals surface area contributed by atoms with Gasteiger partial charge in [-0.15, -0.1) is 0 Å². The number of rotatable bonds is 6. The number of benzene rings is 4. The lowest BCUT2D eigenvalue weighted by atomic mass is 10.1. The maximum atomic E-state index is 5.91. The summed E-state index contributed by atoms with van der Waals surface area (Å²) in [6.07, 6.45) is 5.91. The second-order valence-electron chi connectivity index (χ2n) is 6.63. The Hall–Kier alpha value is -3.52. The van der Waals surface area contributed by atoms with E-state index in [9.17, 15) is 0 Å². The summed E-state index contributed by atoms with van der Waals surface area (Å²) in [6.45, 7) is 4.31. The molecule has 2 nitrogen and oxygen atoms in total. The van der Waals surface area contributed by atoms with Gasteiger partial charge in [-0.2, -0.15) is 0 Å². The minimum atomic E-state index is 0.492. The molecule has 4 rings (SSSR count). The molecule has 0 amide bonds. The average Bonchev–Trinajstić information content (AvgIpc) is 2.75. The Morgan fingerprint density at radius 2 is 1.54 bits per heavy atom. The fraction of sp³-hybridized carbons (Fsp3) is 0.0769. The van der Waals surface area contributed by atoms with Gasteiger partial charge < -0.3 is 9.47 Å². The lowest BCUT2D eigenvalue weighted by Crippen LogP contribution is -1.94. The van der Waals surface area contributed by atoms with E-state index in [-0.39, 0.29) is 0 Å². The molecule has 0 atom stereocenters. The second-order valence-corrected chi connectivity index (χ2v) is 6.63. The van der Waals surface area contributed by atoms with Gasteiger partial charge in [0.2, 0.25) is 0 Å².